The van der Waals surface area contributed by atoms with Gasteiger partial charge in [0, 0.05) is 13.2 Å². The summed E-state index contributed by atoms with van der Waals surface area (Å²) in [5, 5.41) is 2.85. The molecule has 0 aliphatic carbocycles. The average molecular weight is 298 g/mol. The van der Waals surface area contributed by atoms with Gasteiger partial charge in [-0.15, -0.1) is 0 Å². The third-order valence-electron chi connectivity index (χ3n) is 4.02. The first kappa shape index (κ1) is 18.0. The van der Waals surface area contributed by atoms with Gasteiger partial charge in [0.1, 0.15) is 12.1 Å². The molecular weight excluding hydrogens is 268 g/mol. The van der Waals surface area contributed by atoms with E-state index in [0.29, 0.717) is 32.1 Å². The molecule has 1 fully saturated rings. The van der Waals surface area contributed by atoms with Crippen LogP contribution in [-0.4, -0.2) is 48.6 Å². The molecule has 1 aliphatic heterocycles. The molecule has 1 heterocycles. The Morgan fingerprint density at radius 2 is 1.90 bits per heavy atom. The SMILES string of the molecule is CCC1NC(=O)C(C(C)CC)N(CCOCC(C)C)C1=O. The summed E-state index contributed by atoms with van der Waals surface area (Å²) < 4.78 is 5.59. The second-order valence-corrected chi connectivity index (χ2v) is 6.30. The Morgan fingerprint density at radius 3 is 2.43 bits per heavy atom. The zero-order chi connectivity index (χ0) is 16.0. The van der Waals surface area contributed by atoms with Crippen LogP contribution in [0.1, 0.15) is 47.5 Å². The van der Waals surface area contributed by atoms with Crippen LogP contribution in [0.2, 0.25) is 0 Å². The molecule has 122 valence electrons. The minimum atomic E-state index is -0.386. The summed E-state index contributed by atoms with van der Waals surface area (Å²) in [4.78, 5) is 26.6. The first-order chi connectivity index (χ1) is 9.92. The standard InChI is InChI=1S/C16H30N2O3/c1-6-12(5)14-15(19)17-13(7-2)16(20)18(14)8-9-21-10-11(3)4/h11-14H,6-10H2,1-5H3,(H,17,19). The molecule has 1 rings (SSSR count). The van der Waals surface area contributed by atoms with E-state index in [9.17, 15) is 9.59 Å². The van der Waals surface area contributed by atoms with E-state index in [2.05, 4.69) is 19.2 Å². The lowest BCUT2D eigenvalue weighted by Gasteiger charge is -2.41. The third-order valence-corrected chi connectivity index (χ3v) is 4.02. The quantitative estimate of drug-likeness (QED) is 0.695. The van der Waals surface area contributed by atoms with E-state index < -0.39 is 0 Å². The molecule has 3 unspecified atom stereocenters. The van der Waals surface area contributed by atoms with Gasteiger partial charge in [0.15, 0.2) is 0 Å². The number of carbonyl (C=O) groups is 2. The fourth-order valence-corrected chi connectivity index (χ4v) is 2.59. The summed E-state index contributed by atoms with van der Waals surface area (Å²) in [6.45, 7) is 11.8. The van der Waals surface area contributed by atoms with Crippen LogP contribution in [0.15, 0.2) is 0 Å². The first-order valence-corrected chi connectivity index (χ1v) is 8.10. The largest absolute Gasteiger partial charge is 0.379 e. The highest BCUT2D eigenvalue weighted by Crippen LogP contribution is 2.20. The smallest absolute Gasteiger partial charge is 0.245 e. The van der Waals surface area contributed by atoms with Crippen molar-refractivity contribution in [3.8, 4) is 0 Å². The van der Waals surface area contributed by atoms with Crippen LogP contribution in [0.3, 0.4) is 0 Å². The molecule has 1 N–H and O–H groups in total. The Balaban J connectivity index is 2.74. The molecule has 5 heteroatoms. The topological polar surface area (TPSA) is 58.6 Å². The summed E-state index contributed by atoms with van der Waals surface area (Å²) >= 11 is 0. The number of ether oxygens (including phenoxy) is 1. The highest BCUT2D eigenvalue weighted by molar-refractivity contribution is 5.97. The third kappa shape index (κ3) is 4.70. The Labute approximate surface area is 128 Å². The van der Waals surface area contributed by atoms with Gasteiger partial charge in [0.05, 0.1) is 6.61 Å². The molecule has 21 heavy (non-hydrogen) atoms. The fraction of sp³-hybridized carbons (Fsp3) is 0.875. The van der Waals surface area contributed by atoms with E-state index in [-0.39, 0.29) is 29.8 Å². The predicted octanol–water partition coefficient (Wildman–Crippen LogP) is 1.81. The lowest BCUT2D eigenvalue weighted by Crippen LogP contribution is -2.65. The van der Waals surface area contributed by atoms with Crippen molar-refractivity contribution in [2.75, 3.05) is 19.8 Å². The van der Waals surface area contributed by atoms with Gasteiger partial charge in [-0.3, -0.25) is 9.59 Å². The van der Waals surface area contributed by atoms with Gasteiger partial charge in [0.25, 0.3) is 0 Å². The summed E-state index contributed by atoms with van der Waals surface area (Å²) in [6.07, 6.45) is 1.49. The zero-order valence-electron chi connectivity index (χ0n) is 14.0. The number of hydrogen-bond donors (Lipinski definition) is 1. The van der Waals surface area contributed by atoms with Crippen molar-refractivity contribution in [1.82, 2.24) is 10.2 Å². The van der Waals surface area contributed by atoms with E-state index in [1.165, 1.54) is 0 Å². The number of nitrogens with one attached hydrogen (secondary N) is 1. The van der Waals surface area contributed by atoms with Crippen LogP contribution in [0, 0.1) is 11.8 Å². The van der Waals surface area contributed by atoms with Gasteiger partial charge in [0.2, 0.25) is 11.8 Å². The number of carbonyl (C=O) groups excluding carboxylic acids is 2. The molecule has 1 aliphatic rings. The number of nitrogens with zero attached hydrogens (tertiary/aromatic N) is 1. The maximum atomic E-state index is 12.5. The van der Waals surface area contributed by atoms with Gasteiger partial charge < -0.3 is 15.0 Å². The first-order valence-electron chi connectivity index (χ1n) is 8.10. The number of hydrogen-bond acceptors (Lipinski definition) is 3. The van der Waals surface area contributed by atoms with Crippen LogP contribution in [-0.2, 0) is 14.3 Å². The van der Waals surface area contributed by atoms with Gasteiger partial charge in [-0.25, -0.2) is 0 Å². The Bertz CT molecular complexity index is 357. The Morgan fingerprint density at radius 1 is 1.24 bits per heavy atom. The Kier molecular flexibility index (Phi) is 7.15. The molecule has 0 saturated carbocycles. The van der Waals surface area contributed by atoms with Crippen LogP contribution < -0.4 is 5.32 Å². The summed E-state index contributed by atoms with van der Waals surface area (Å²) in [5.74, 6) is 0.617. The minimum Gasteiger partial charge on any atom is -0.379 e. The molecule has 0 aromatic carbocycles. The van der Waals surface area contributed by atoms with Crippen LogP contribution >= 0.6 is 0 Å². The molecule has 0 aromatic rings. The molecule has 0 spiro atoms. The van der Waals surface area contributed by atoms with Crippen molar-refractivity contribution in [2.24, 2.45) is 11.8 Å². The van der Waals surface area contributed by atoms with Crippen LogP contribution in [0.5, 0.6) is 0 Å². The van der Waals surface area contributed by atoms with Crippen molar-refractivity contribution in [2.45, 2.75) is 59.5 Å². The van der Waals surface area contributed by atoms with Crippen molar-refractivity contribution >= 4 is 11.8 Å². The number of amides is 2. The molecule has 1 saturated heterocycles. The summed E-state index contributed by atoms with van der Waals surface area (Å²) in [7, 11) is 0. The van der Waals surface area contributed by atoms with Gasteiger partial charge >= 0.3 is 0 Å². The van der Waals surface area contributed by atoms with Crippen molar-refractivity contribution < 1.29 is 14.3 Å². The van der Waals surface area contributed by atoms with Gasteiger partial charge in [-0.1, -0.05) is 41.0 Å². The average Bonchev–Trinajstić information content (AvgIpc) is 2.45. The van der Waals surface area contributed by atoms with E-state index in [0.717, 1.165) is 6.42 Å². The minimum absolute atomic E-state index is 0.0237. The number of piperazine rings is 1. The van der Waals surface area contributed by atoms with Crippen molar-refractivity contribution in [3.63, 3.8) is 0 Å². The maximum absolute atomic E-state index is 12.5. The lowest BCUT2D eigenvalue weighted by molar-refractivity contribution is -0.152. The normalized spacial score (nSPS) is 24.4. The molecule has 0 bridgehead atoms. The van der Waals surface area contributed by atoms with Crippen molar-refractivity contribution in [3.05, 3.63) is 0 Å². The van der Waals surface area contributed by atoms with E-state index in [1.54, 1.807) is 4.90 Å². The molecule has 2 amide bonds. The van der Waals surface area contributed by atoms with Crippen LogP contribution in [0.4, 0.5) is 0 Å². The second kappa shape index (κ2) is 8.37. The van der Waals surface area contributed by atoms with E-state index in [1.807, 2.05) is 20.8 Å². The van der Waals surface area contributed by atoms with E-state index in [4.69, 9.17) is 4.74 Å². The highest BCUT2D eigenvalue weighted by Gasteiger charge is 2.41. The second-order valence-electron chi connectivity index (χ2n) is 6.30. The van der Waals surface area contributed by atoms with E-state index >= 15 is 0 Å². The van der Waals surface area contributed by atoms with Gasteiger partial charge in [-0.2, -0.15) is 0 Å². The molecule has 3 atom stereocenters. The number of rotatable bonds is 8. The Hall–Kier alpha value is -1.10. The zero-order valence-corrected chi connectivity index (χ0v) is 14.0. The molecule has 0 radical (unpaired) electrons. The lowest BCUT2D eigenvalue weighted by atomic mass is 9.93. The van der Waals surface area contributed by atoms with Gasteiger partial charge in [-0.05, 0) is 18.3 Å². The maximum Gasteiger partial charge on any atom is 0.245 e. The van der Waals surface area contributed by atoms with Crippen LogP contribution in [0.25, 0.3) is 0 Å². The fourth-order valence-electron chi connectivity index (χ4n) is 2.59. The van der Waals surface area contributed by atoms with Crippen molar-refractivity contribution in [1.29, 1.82) is 0 Å². The molecule has 5 nitrogen and oxygen atoms in total. The highest BCUT2D eigenvalue weighted by atomic mass is 16.5. The monoisotopic (exact) mass is 298 g/mol. The predicted molar refractivity (Wildman–Crippen MR) is 82.8 cm³/mol. The summed E-state index contributed by atoms with van der Waals surface area (Å²) in [5.41, 5.74) is 0. The molecular formula is C16H30N2O3. The summed E-state index contributed by atoms with van der Waals surface area (Å²) in [6, 6.07) is -0.754. The molecule has 0 aromatic heterocycles.